The van der Waals surface area contributed by atoms with Crippen molar-refractivity contribution in [3.05, 3.63) is 77.5 Å². The first-order valence-electron chi connectivity index (χ1n) is 11.4. The number of nitrogens with zero attached hydrogens (tertiary/aromatic N) is 4. The van der Waals surface area contributed by atoms with Crippen molar-refractivity contribution in [2.45, 2.75) is 19.6 Å². The summed E-state index contributed by atoms with van der Waals surface area (Å²) in [4.78, 5) is 34.4. The molecular formula is C27H24FN5O4. The Balaban J connectivity index is 1.52. The Kier molecular flexibility index (Phi) is 7.76. The molecule has 0 aliphatic heterocycles. The third-order valence-electron chi connectivity index (χ3n) is 5.40. The number of anilines is 3. The molecular weight excluding hydrogens is 477 g/mol. The summed E-state index contributed by atoms with van der Waals surface area (Å²) in [6.07, 6.45) is 1.59. The van der Waals surface area contributed by atoms with E-state index >= 15 is 0 Å². The number of pyridine rings is 1. The third-order valence-corrected chi connectivity index (χ3v) is 5.40. The number of halogens is 1. The number of nitrogens with one attached hydrogen (secondary N) is 1. The van der Waals surface area contributed by atoms with Crippen LogP contribution in [0.2, 0.25) is 0 Å². The van der Waals surface area contributed by atoms with Gasteiger partial charge in [-0.25, -0.2) is 14.4 Å². The van der Waals surface area contributed by atoms with Gasteiger partial charge in [0, 0.05) is 42.5 Å². The monoisotopic (exact) mass is 501 g/mol. The smallest absolute Gasteiger partial charge is 0.302 e. The van der Waals surface area contributed by atoms with Crippen molar-refractivity contribution in [2.24, 2.45) is 0 Å². The van der Waals surface area contributed by atoms with Gasteiger partial charge in [0.1, 0.15) is 23.6 Å². The van der Waals surface area contributed by atoms with Crippen LogP contribution in [0.15, 0.2) is 71.9 Å². The lowest BCUT2D eigenvalue weighted by atomic mass is 10.2. The fraction of sp³-hybridized carbons (Fsp3) is 0.185. The van der Waals surface area contributed by atoms with E-state index in [0.717, 1.165) is 10.3 Å². The predicted molar refractivity (Wildman–Crippen MR) is 139 cm³/mol. The summed E-state index contributed by atoms with van der Waals surface area (Å²) in [6, 6.07) is 15.1. The molecule has 1 atom stereocenters. The van der Waals surface area contributed by atoms with Crippen molar-refractivity contribution in [1.29, 1.82) is 0 Å². The van der Waals surface area contributed by atoms with Crippen molar-refractivity contribution < 1.29 is 19.0 Å². The number of hydrogen-bond acceptors (Lipinski definition) is 7. The van der Waals surface area contributed by atoms with Crippen LogP contribution < -0.4 is 20.5 Å². The van der Waals surface area contributed by atoms with E-state index in [1.54, 1.807) is 49.5 Å². The van der Waals surface area contributed by atoms with Crippen LogP contribution in [0.1, 0.15) is 19.6 Å². The number of carbonyl (C=O) groups excluding carboxylic acids is 1. The lowest BCUT2D eigenvalue weighted by Gasteiger charge is -2.16. The quantitative estimate of drug-likeness (QED) is 0.366. The summed E-state index contributed by atoms with van der Waals surface area (Å²) < 4.78 is 20.1. The topological polar surface area (TPSA) is 110 Å². The molecule has 1 amide bonds. The van der Waals surface area contributed by atoms with E-state index in [-0.39, 0.29) is 13.0 Å². The number of alkyl halides is 1. The predicted octanol–water partition coefficient (Wildman–Crippen LogP) is 4.16. The second kappa shape index (κ2) is 11.3. The molecule has 2 N–H and O–H groups in total. The maximum absolute atomic E-state index is 13.4. The van der Waals surface area contributed by atoms with Crippen LogP contribution in [0.3, 0.4) is 0 Å². The molecule has 0 spiro atoms. The maximum atomic E-state index is 13.4. The van der Waals surface area contributed by atoms with Gasteiger partial charge in [0.2, 0.25) is 0 Å². The second-order valence-corrected chi connectivity index (χ2v) is 8.00. The van der Waals surface area contributed by atoms with Gasteiger partial charge < -0.3 is 20.1 Å². The molecule has 4 aromatic rings. The number of aromatic nitrogens is 3. The fourth-order valence-electron chi connectivity index (χ4n) is 3.46. The molecule has 9 nitrogen and oxygen atoms in total. The summed E-state index contributed by atoms with van der Waals surface area (Å²) in [7, 11) is 1.62. The fourth-order valence-corrected chi connectivity index (χ4v) is 3.46. The minimum Gasteiger partial charge on any atom is -0.457 e. The molecule has 37 heavy (non-hydrogen) atoms. The van der Waals surface area contributed by atoms with E-state index in [4.69, 9.17) is 9.84 Å². The van der Waals surface area contributed by atoms with Crippen LogP contribution in [0, 0.1) is 11.8 Å². The zero-order valence-electron chi connectivity index (χ0n) is 20.2. The average molecular weight is 502 g/mol. The molecule has 0 aliphatic carbocycles. The highest BCUT2D eigenvalue weighted by Crippen LogP contribution is 2.28. The Morgan fingerprint density at radius 3 is 2.65 bits per heavy atom. The van der Waals surface area contributed by atoms with Gasteiger partial charge in [-0.2, -0.15) is 0 Å². The minimum absolute atomic E-state index is 0.105. The Bertz CT molecular complexity index is 1540. The Labute approximate surface area is 212 Å². The number of amides is 1. The molecule has 2 aromatic carbocycles. The molecule has 2 aromatic heterocycles. The van der Waals surface area contributed by atoms with E-state index in [9.17, 15) is 14.0 Å². The van der Waals surface area contributed by atoms with Gasteiger partial charge in [-0.05, 0) is 61.4 Å². The molecule has 0 bridgehead atoms. The van der Waals surface area contributed by atoms with Gasteiger partial charge in [0.25, 0.3) is 5.56 Å². The zero-order valence-corrected chi connectivity index (χ0v) is 20.2. The van der Waals surface area contributed by atoms with E-state index in [1.165, 1.54) is 36.5 Å². The van der Waals surface area contributed by atoms with Crippen molar-refractivity contribution >= 4 is 34.0 Å². The Morgan fingerprint density at radius 1 is 1.16 bits per heavy atom. The van der Waals surface area contributed by atoms with Gasteiger partial charge in [0.15, 0.2) is 6.30 Å². The van der Waals surface area contributed by atoms with Crippen molar-refractivity contribution in [2.75, 3.05) is 23.9 Å². The lowest BCUT2D eigenvalue weighted by molar-refractivity contribution is -0.113. The number of carbonyl (C=O) groups is 1. The van der Waals surface area contributed by atoms with Crippen LogP contribution in [0.4, 0.5) is 21.6 Å². The standard InChI is InChI=1S/C27H24FN5O4/c1-18(28)33-13-12-22(16-26(33)36)37-21-9-6-19(7-10-21)31-27-23-15-20(8-11-24(23)29-17-30-27)32(2)25(35)5-3-4-14-34/h6-13,15-18,34H,4,14H2,1-2H3,(H,29,30,31). The number of benzene rings is 2. The minimum atomic E-state index is -1.42. The van der Waals surface area contributed by atoms with Gasteiger partial charge in [-0.1, -0.05) is 5.92 Å². The first-order valence-corrected chi connectivity index (χ1v) is 11.4. The van der Waals surface area contributed by atoms with Crippen molar-refractivity contribution in [1.82, 2.24) is 14.5 Å². The van der Waals surface area contributed by atoms with Gasteiger partial charge in [-0.3, -0.25) is 14.2 Å². The van der Waals surface area contributed by atoms with Crippen molar-refractivity contribution in [3.8, 4) is 23.3 Å². The van der Waals surface area contributed by atoms with Crippen LogP contribution in [-0.2, 0) is 4.79 Å². The maximum Gasteiger partial charge on any atom is 0.302 e. The molecule has 0 saturated heterocycles. The van der Waals surface area contributed by atoms with Gasteiger partial charge in [-0.15, -0.1) is 0 Å². The lowest BCUT2D eigenvalue weighted by Crippen LogP contribution is -2.24. The van der Waals surface area contributed by atoms with E-state index in [0.29, 0.717) is 33.9 Å². The molecule has 10 heteroatoms. The summed E-state index contributed by atoms with van der Waals surface area (Å²) in [5.41, 5.74) is 1.52. The highest BCUT2D eigenvalue weighted by Gasteiger charge is 2.12. The highest BCUT2D eigenvalue weighted by atomic mass is 19.1. The number of aliphatic hydroxyl groups excluding tert-OH is 1. The molecule has 4 rings (SSSR count). The first-order chi connectivity index (χ1) is 17.9. The first kappa shape index (κ1) is 25.3. The summed E-state index contributed by atoms with van der Waals surface area (Å²) in [5, 5.41) is 12.8. The van der Waals surface area contributed by atoms with Gasteiger partial charge >= 0.3 is 5.91 Å². The molecule has 0 saturated carbocycles. The molecule has 188 valence electrons. The summed E-state index contributed by atoms with van der Waals surface area (Å²) in [5.74, 6) is 6.06. The number of aliphatic hydroxyl groups is 1. The van der Waals surface area contributed by atoms with Gasteiger partial charge in [0.05, 0.1) is 12.1 Å². The Morgan fingerprint density at radius 2 is 1.95 bits per heavy atom. The van der Waals surface area contributed by atoms with Crippen molar-refractivity contribution in [3.63, 3.8) is 0 Å². The van der Waals surface area contributed by atoms with Crippen LogP contribution >= 0.6 is 0 Å². The van der Waals surface area contributed by atoms with E-state index in [2.05, 4.69) is 27.1 Å². The largest absolute Gasteiger partial charge is 0.457 e. The molecule has 1 unspecified atom stereocenters. The van der Waals surface area contributed by atoms with Crippen LogP contribution in [-0.4, -0.2) is 39.2 Å². The molecule has 2 heterocycles. The van der Waals surface area contributed by atoms with E-state index < -0.39 is 17.8 Å². The number of ether oxygens (including phenoxy) is 1. The highest BCUT2D eigenvalue weighted by molar-refractivity contribution is 6.06. The normalized spacial score (nSPS) is 11.4. The van der Waals surface area contributed by atoms with E-state index in [1.807, 2.05) is 0 Å². The van der Waals surface area contributed by atoms with Crippen LogP contribution in [0.5, 0.6) is 11.5 Å². The zero-order chi connectivity index (χ0) is 26.4. The Hall–Kier alpha value is -4.75. The number of hydrogen-bond donors (Lipinski definition) is 2. The number of rotatable bonds is 7. The second-order valence-electron chi connectivity index (χ2n) is 8.00. The summed E-state index contributed by atoms with van der Waals surface area (Å²) >= 11 is 0. The number of fused-ring (bicyclic) bond motifs is 1. The molecule has 0 aliphatic rings. The molecule has 0 fully saturated rings. The molecule has 0 radical (unpaired) electrons. The average Bonchev–Trinajstić information content (AvgIpc) is 2.89. The SMILES string of the molecule is CC(F)n1ccc(Oc2ccc(Nc3ncnc4ccc(N(C)C(=O)C#CCCO)cc34)cc2)cc1=O. The van der Waals surface area contributed by atoms with Crippen LogP contribution in [0.25, 0.3) is 10.9 Å². The summed E-state index contributed by atoms with van der Waals surface area (Å²) in [6.45, 7) is 1.18. The third kappa shape index (κ3) is 6.09.